The van der Waals surface area contributed by atoms with E-state index >= 15 is 0 Å². The summed E-state index contributed by atoms with van der Waals surface area (Å²) in [4.78, 5) is 4.71. The van der Waals surface area contributed by atoms with Crippen molar-refractivity contribution in [1.82, 2.24) is 10.3 Å². The van der Waals surface area contributed by atoms with E-state index in [9.17, 15) is 0 Å². The number of hydrogen-bond acceptors (Lipinski definition) is 4. The van der Waals surface area contributed by atoms with Crippen molar-refractivity contribution in [3.05, 3.63) is 44.9 Å². The number of thiazole rings is 1. The number of nitrogens with one attached hydrogen (secondary N) is 1. The molecule has 5 heteroatoms. The first kappa shape index (κ1) is 16.7. The molecular weight excluding hydrogens is 328 g/mol. The smallest absolute Gasteiger partial charge is 0.138 e. The van der Waals surface area contributed by atoms with Gasteiger partial charge in [-0.3, -0.25) is 0 Å². The second-order valence-corrected chi connectivity index (χ2v) is 7.75. The Balaban J connectivity index is 1.58. The average Bonchev–Trinajstić information content (AvgIpc) is 3.25. The summed E-state index contributed by atoms with van der Waals surface area (Å²) in [5, 5.41) is 7.55. The van der Waals surface area contributed by atoms with Crippen molar-refractivity contribution in [2.45, 2.75) is 58.2 Å². The Bertz CT molecular complexity index is 667. The van der Waals surface area contributed by atoms with E-state index in [1.165, 1.54) is 18.5 Å². The van der Waals surface area contributed by atoms with Crippen molar-refractivity contribution in [1.29, 1.82) is 0 Å². The van der Waals surface area contributed by atoms with Crippen molar-refractivity contribution in [3.8, 4) is 5.75 Å². The highest BCUT2D eigenvalue weighted by Gasteiger charge is 2.25. The Morgan fingerprint density at radius 2 is 2.13 bits per heavy atom. The lowest BCUT2D eigenvalue weighted by Crippen LogP contribution is -2.18. The zero-order valence-corrected chi connectivity index (χ0v) is 15.4. The van der Waals surface area contributed by atoms with Crippen LogP contribution in [-0.4, -0.2) is 11.1 Å². The number of nitrogens with zero attached hydrogens (tertiary/aromatic N) is 1. The van der Waals surface area contributed by atoms with Crippen molar-refractivity contribution in [2.75, 3.05) is 0 Å². The summed E-state index contributed by atoms with van der Waals surface area (Å²) in [6.45, 7) is 6.93. The van der Waals surface area contributed by atoms with Gasteiger partial charge in [-0.15, -0.1) is 11.3 Å². The molecule has 2 aromatic rings. The molecule has 1 N–H and O–H groups in total. The second kappa shape index (κ2) is 7.20. The summed E-state index contributed by atoms with van der Waals surface area (Å²) < 4.78 is 5.68. The van der Waals surface area contributed by atoms with E-state index in [1.54, 1.807) is 11.3 Å². The molecule has 1 heterocycles. The topological polar surface area (TPSA) is 34.1 Å². The molecule has 1 fully saturated rings. The van der Waals surface area contributed by atoms with Gasteiger partial charge in [0.05, 0.1) is 16.8 Å². The van der Waals surface area contributed by atoms with Crippen molar-refractivity contribution in [2.24, 2.45) is 0 Å². The van der Waals surface area contributed by atoms with Crippen LogP contribution in [0.3, 0.4) is 0 Å². The van der Waals surface area contributed by atoms with E-state index in [2.05, 4.69) is 23.7 Å². The number of halogens is 1. The van der Waals surface area contributed by atoms with Crippen LogP contribution in [0.5, 0.6) is 5.75 Å². The van der Waals surface area contributed by atoms with Gasteiger partial charge >= 0.3 is 0 Å². The van der Waals surface area contributed by atoms with Gasteiger partial charge < -0.3 is 10.1 Å². The summed E-state index contributed by atoms with van der Waals surface area (Å²) in [5.74, 6) is 1.47. The van der Waals surface area contributed by atoms with E-state index in [4.69, 9.17) is 21.3 Å². The highest BCUT2D eigenvalue weighted by atomic mass is 35.5. The SMILES string of the molecule is CC(C)Oc1ccc(C(C)NCc2nc(C3CC3)cs2)cc1Cl. The molecule has 0 saturated heterocycles. The summed E-state index contributed by atoms with van der Waals surface area (Å²) in [6.07, 6.45) is 2.73. The predicted octanol–water partition coefficient (Wildman–Crippen LogP) is 5.31. The van der Waals surface area contributed by atoms with E-state index in [-0.39, 0.29) is 12.1 Å². The van der Waals surface area contributed by atoms with Gasteiger partial charge in [-0.05, 0) is 51.3 Å². The molecule has 1 atom stereocenters. The van der Waals surface area contributed by atoms with Gasteiger partial charge in [0.2, 0.25) is 0 Å². The molecular formula is C18H23ClN2OS. The Kier molecular flexibility index (Phi) is 5.24. The Morgan fingerprint density at radius 3 is 2.78 bits per heavy atom. The fourth-order valence-electron chi connectivity index (χ4n) is 2.47. The quantitative estimate of drug-likeness (QED) is 0.734. The lowest BCUT2D eigenvalue weighted by Gasteiger charge is -2.16. The molecule has 1 aromatic carbocycles. The van der Waals surface area contributed by atoms with Crippen LogP contribution in [0.1, 0.15) is 61.8 Å². The molecule has 23 heavy (non-hydrogen) atoms. The standard InChI is InChI=1S/C18H23ClN2OS/c1-11(2)22-17-7-6-14(8-15(17)19)12(3)20-9-18-21-16(10-23-18)13-4-5-13/h6-8,10-13,20H,4-5,9H2,1-3H3. The highest BCUT2D eigenvalue weighted by molar-refractivity contribution is 7.09. The van der Waals surface area contributed by atoms with Crippen LogP contribution in [0.4, 0.5) is 0 Å². The Labute approximate surface area is 147 Å². The van der Waals surface area contributed by atoms with Crippen LogP contribution < -0.4 is 10.1 Å². The average molecular weight is 351 g/mol. The molecule has 1 aromatic heterocycles. The number of rotatable bonds is 7. The maximum Gasteiger partial charge on any atom is 0.138 e. The van der Waals surface area contributed by atoms with Crippen LogP contribution in [-0.2, 0) is 6.54 Å². The monoisotopic (exact) mass is 350 g/mol. The van der Waals surface area contributed by atoms with Crippen molar-refractivity contribution < 1.29 is 4.74 Å². The van der Waals surface area contributed by atoms with Crippen LogP contribution in [0.2, 0.25) is 5.02 Å². The van der Waals surface area contributed by atoms with Gasteiger partial charge in [0, 0.05) is 23.9 Å². The van der Waals surface area contributed by atoms with Crippen LogP contribution in [0, 0.1) is 0 Å². The highest BCUT2D eigenvalue weighted by Crippen LogP contribution is 2.40. The van der Waals surface area contributed by atoms with Crippen molar-refractivity contribution in [3.63, 3.8) is 0 Å². The molecule has 0 radical (unpaired) electrons. The first-order chi connectivity index (χ1) is 11.0. The summed E-state index contributed by atoms with van der Waals surface area (Å²) in [6, 6.07) is 6.21. The molecule has 1 aliphatic carbocycles. The van der Waals surface area contributed by atoms with Gasteiger partial charge in [-0.2, -0.15) is 0 Å². The molecule has 124 valence electrons. The van der Waals surface area contributed by atoms with Crippen LogP contribution in [0.25, 0.3) is 0 Å². The van der Waals surface area contributed by atoms with Crippen molar-refractivity contribution >= 4 is 22.9 Å². The predicted molar refractivity (Wildman–Crippen MR) is 96.6 cm³/mol. The molecule has 0 bridgehead atoms. The third kappa shape index (κ3) is 4.46. The second-order valence-electron chi connectivity index (χ2n) is 6.40. The van der Waals surface area contributed by atoms with E-state index in [0.717, 1.165) is 28.8 Å². The lowest BCUT2D eigenvalue weighted by atomic mass is 10.1. The number of hydrogen-bond donors (Lipinski definition) is 1. The maximum atomic E-state index is 6.32. The Morgan fingerprint density at radius 1 is 1.35 bits per heavy atom. The molecule has 1 saturated carbocycles. The Hall–Kier alpha value is -1.10. The molecule has 3 rings (SSSR count). The molecule has 0 amide bonds. The van der Waals surface area contributed by atoms with Crippen LogP contribution >= 0.6 is 22.9 Å². The van der Waals surface area contributed by atoms with Gasteiger partial charge in [0.15, 0.2) is 0 Å². The van der Waals surface area contributed by atoms with Gasteiger partial charge in [-0.25, -0.2) is 4.98 Å². The van der Waals surface area contributed by atoms with E-state index < -0.39 is 0 Å². The minimum Gasteiger partial charge on any atom is -0.489 e. The van der Waals surface area contributed by atoms with Gasteiger partial charge in [0.25, 0.3) is 0 Å². The lowest BCUT2D eigenvalue weighted by molar-refractivity contribution is 0.242. The summed E-state index contributed by atoms with van der Waals surface area (Å²) in [7, 11) is 0. The number of ether oxygens (including phenoxy) is 1. The first-order valence-electron chi connectivity index (χ1n) is 8.16. The minimum absolute atomic E-state index is 0.125. The minimum atomic E-state index is 0.125. The third-order valence-electron chi connectivity index (χ3n) is 3.94. The third-order valence-corrected chi connectivity index (χ3v) is 5.11. The molecule has 1 unspecified atom stereocenters. The number of aromatic nitrogens is 1. The molecule has 0 spiro atoms. The summed E-state index contributed by atoms with van der Waals surface area (Å²) >= 11 is 8.06. The first-order valence-corrected chi connectivity index (χ1v) is 9.42. The molecule has 1 aliphatic rings. The van der Waals surface area contributed by atoms with E-state index in [0.29, 0.717) is 5.02 Å². The number of benzene rings is 1. The van der Waals surface area contributed by atoms with Gasteiger partial charge in [-0.1, -0.05) is 17.7 Å². The molecule has 0 aliphatic heterocycles. The zero-order chi connectivity index (χ0) is 16.4. The fourth-order valence-corrected chi connectivity index (χ4v) is 3.53. The molecule has 3 nitrogen and oxygen atoms in total. The maximum absolute atomic E-state index is 6.32. The fraction of sp³-hybridized carbons (Fsp3) is 0.500. The van der Waals surface area contributed by atoms with Gasteiger partial charge in [0.1, 0.15) is 10.8 Å². The normalized spacial score (nSPS) is 15.9. The largest absolute Gasteiger partial charge is 0.489 e. The summed E-state index contributed by atoms with van der Waals surface area (Å²) in [5.41, 5.74) is 2.43. The van der Waals surface area contributed by atoms with E-state index in [1.807, 2.05) is 26.0 Å². The zero-order valence-electron chi connectivity index (χ0n) is 13.8. The van der Waals surface area contributed by atoms with Crippen LogP contribution in [0.15, 0.2) is 23.6 Å².